The molecule has 1 aliphatic heterocycles. The van der Waals surface area contributed by atoms with Gasteiger partial charge in [0.15, 0.2) is 0 Å². The number of imide groups is 1. The summed E-state index contributed by atoms with van der Waals surface area (Å²) >= 11 is 3.30. The van der Waals surface area contributed by atoms with Gasteiger partial charge in [0, 0.05) is 10.2 Å². The van der Waals surface area contributed by atoms with Gasteiger partial charge >= 0.3 is 12.1 Å². The van der Waals surface area contributed by atoms with Crippen LogP contribution >= 0.6 is 15.9 Å². The number of hydrogen-bond donors (Lipinski definition) is 3. The molecule has 124 valence electrons. The molecule has 2 rings (SSSR count). The van der Waals surface area contributed by atoms with Gasteiger partial charge in [-0.05, 0) is 36.6 Å². The molecule has 8 heteroatoms. The van der Waals surface area contributed by atoms with E-state index in [4.69, 9.17) is 0 Å². The van der Waals surface area contributed by atoms with Gasteiger partial charge in [-0.1, -0.05) is 36.7 Å². The first-order valence-corrected chi connectivity index (χ1v) is 8.09. The molecule has 1 aromatic rings. The highest BCUT2D eigenvalue weighted by atomic mass is 79.9. The van der Waals surface area contributed by atoms with Crippen molar-refractivity contribution in [3.63, 3.8) is 0 Å². The molecule has 1 aromatic carbocycles. The molecule has 0 aliphatic carbocycles. The standard InChI is InChI=1S/C15H19BrN4O3/c1-4-15(9(2)3)12(21)20(14(23)18-15)19-13(22)17-11-7-5-10(16)6-8-11/h5-9H,4H2,1-3H3,(H,18,23)(H2,17,19,22). The SMILES string of the molecule is CCC1(C(C)C)NC(=O)N(NC(=O)Nc2ccc(Br)cc2)C1=O. The maximum absolute atomic E-state index is 12.5. The van der Waals surface area contributed by atoms with E-state index in [0.29, 0.717) is 12.1 Å². The van der Waals surface area contributed by atoms with E-state index in [2.05, 4.69) is 32.0 Å². The van der Waals surface area contributed by atoms with Gasteiger partial charge in [0.2, 0.25) is 0 Å². The quantitative estimate of drug-likeness (QED) is 0.699. The van der Waals surface area contributed by atoms with Crippen LogP contribution in [0.15, 0.2) is 28.7 Å². The summed E-state index contributed by atoms with van der Waals surface area (Å²) < 4.78 is 0.877. The number of nitrogens with one attached hydrogen (secondary N) is 3. The molecule has 5 amide bonds. The number of hydrazine groups is 1. The van der Waals surface area contributed by atoms with E-state index in [9.17, 15) is 14.4 Å². The van der Waals surface area contributed by atoms with Crippen LogP contribution in [0.2, 0.25) is 0 Å². The van der Waals surface area contributed by atoms with Gasteiger partial charge in [0.05, 0.1) is 0 Å². The van der Waals surface area contributed by atoms with Gasteiger partial charge in [0.1, 0.15) is 5.54 Å². The number of hydrogen-bond acceptors (Lipinski definition) is 3. The summed E-state index contributed by atoms with van der Waals surface area (Å²) in [7, 11) is 0. The number of urea groups is 2. The van der Waals surface area contributed by atoms with E-state index >= 15 is 0 Å². The summed E-state index contributed by atoms with van der Waals surface area (Å²) in [5.41, 5.74) is 1.86. The third-order valence-corrected chi connectivity index (χ3v) is 4.51. The molecular formula is C15H19BrN4O3. The van der Waals surface area contributed by atoms with E-state index < -0.39 is 23.5 Å². The van der Waals surface area contributed by atoms with Crippen LogP contribution in [0, 0.1) is 5.92 Å². The number of carbonyl (C=O) groups excluding carboxylic acids is 3. The first-order chi connectivity index (χ1) is 10.8. The third-order valence-electron chi connectivity index (χ3n) is 3.98. The average Bonchev–Trinajstić information content (AvgIpc) is 2.74. The molecule has 1 unspecified atom stereocenters. The second-order valence-corrected chi connectivity index (χ2v) is 6.54. The fourth-order valence-corrected chi connectivity index (χ4v) is 2.79. The van der Waals surface area contributed by atoms with Gasteiger partial charge in [-0.15, -0.1) is 0 Å². The van der Waals surface area contributed by atoms with Crippen LogP contribution in [0.25, 0.3) is 0 Å². The number of nitrogens with zero attached hydrogens (tertiary/aromatic N) is 1. The first-order valence-electron chi connectivity index (χ1n) is 7.30. The highest BCUT2D eigenvalue weighted by Gasteiger charge is 2.52. The Morgan fingerprint density at radius 1 is 1.30 bits per heavy atom. The largest absolute Gasteiger partial charge is 0.344 e. The van der Waals surface area contributed by atoms with Crippen molar-refractivity contribution < 1.29 is 14.4 Å². The maximum Gasteiger partial charge on any atom is 0.344 e. The van der Waals surface area contributed by atoms with Crippen LogP contribution in [0.5, 0.6) is 0 Å². The highest BCUT2D eigenvalue weighted by Crippen LogP contribution is 2.28. The average molecular weight is 383 g/mol. The normalized spacial score (nSPS) is 20.7. The Labute approximate surface area is 142 Å². The molecule has 1 fully saturated rings. The zero-order chi connectivity index (χ0) is 17.2. The van der Waals surface area contributed by atoms with E-state index in [1.807, 2.05) is 20.8 Å². The van der Waals surface area contributed by atoms with Gasteiger partial charge in [0.25, 0.3) is 5.91 Å². The van der Waals surface area contributed by atoms with Crippen molar-refractivity contribution in [2.24, 2.45) is 5.92 Å². The summed E-state index contributed by atoms with van der Waals surface area (Å²) in [4.78, 5) is 36.6. The maximum atomic E-state index is 12.5. The van der Waals surface area contributed by atoms with E-state index in [1.54, 1.807) is 24.3 Å². The summed E-state index contributed by atoms with van der Waals surface area (Å²) in [5.74, 6) is -0.545. The molecule has 0 radical (unpaired) electrons. The van der Waals surface area contributed by atoms with E-state index in [1.165, 1.54) is 0 Å². The second kappa shape index (κ2) is 6.57. The Hall–Kier alpha value is -2.09. The fraction of sp³-hybridized carbons (Fsp3) is 0.400. The van der Waals surface area contributed by atoms with Gasteiger partial charge in [-0.3, -0.25) is 4.79 Å². The number of amides is 5. The molecular weight excluding hydrogens is 364 g/mol. The minimum absolute atomic E-state index is 0.0923. The molecule has 1 aliphatic rings. The number of carbonyl (C=O) groups is 3. The summed E-state index contributed by atoms with van der Waals surface area (Å²) in [5, 5.41) is 5.98. The molecule has 7 nitrogen and oxygen atoms in total. The summed E-state index contributed by atoms with van der Waals surface area (Å²) in [6, 6.07) is 5.64. The predicted molar refractivity (Wildman–Crippen MR) is 89.5 cm³/mol. The van der Waals surface area contributed by atoms with Crippen LogP contribution in [0.4, 0.5) is 15.3 Å². The van der Waals surface area contributed by atoms with E-state index in [0.717, 1.165) is 9.48 Å². The van der Waals surface area contributed by atoms with Crippen molar-refractivity contribution >= 4 is 39.6 Å². The van der Waals surface area contributed by atoms with Crippen molar-refractivity contribution in [2.45, 2.75) is 32.7 Å². The van der Waals surface area contributed by atoms with Crippen molar-refractivity contribution in [2.75, 3.05) is 5.32 Å². The molecule has 3 N–H and O–H groups in total. The molecule has 1 heterocycles. The Kier molecular flexibility index (Phi) is 4.93. The predicted octanol–water partition coefficient (Wildman–Crippen LogP) is 2.84. The van der Waals surface area contributed by atoms with Crippen molar-refractivity contribution in [1.29, 1.82) is 0 Å². The monoisotopic (exact) mass is 382 g/mol. The van der Waals surface area contributed by atoms with Crippen LogP contribution < -0.4 is 16.1 Å². The van der Waals surface area contributed by atoms with Crippen LogP contribution in [-0.2, 0) is 4.79 Å². The lowest BCUT2D eigenvalue weighted by Crippen LogP contribution is -2.53. The van der Waals surface area contributed by atoms with Gasteiger partial charge < -0.3 is 10.6 Å². The fourth-order valence-electron chi connectivity index (χ4n) is 2.53. The first kappa shape index (κ1) is 17.3. The number of halogens is 1. The minimum Gasteiger partial charge on any atom is -0.321 e. The van der Waals surface area contributed by atoms with Crippen molar-refractivity contribution in [1.82, 2.24) is 15.8 Å². The number of anilines is 1. The van der Waals surface area contributed by atoms with Crippen molar-refractivity contribution in [3.05, 3.63) is 28.7 Å². The zero-order valence-electron chi connectivity index (χ0n) is 13.1. The van der Waals surface area contributed by atoms with Gasteiger partial charge in [-0.25, -0.2) is 15.0 Å². The molecule has 0 saturated carbocycles. The Bertz CT molecular complexity index is 632. The lowest BCUT2D eigenvalue weighted by molar-refractivity contribution is -0.134. The molecule has 1 saturated heterocycles. The summed E-state index contributed by atoms with van der Waals surface area (Å²) in [6.07, 6.45) is 0.446. The minimum atomic E-state index is -0.984. The molecule has 23 heavy (non-hydrogen) atoms. The smallest absolute Gasteiger partial charge is 0.321 e. The Morgan fingerprint density at radius 2 is 1.91 bits per heavy atom. The highest BCUT2D eigenvalue weighted by molar-refractivity contribution is 9.10. The second-order valence-electron chi connectivity index (χ2n) is 5.62. The van der Waals surface area contributed by atoms with Crippen LogP contribution in [-0.4, -0.2) is 28.5 Å². The zero-order valence-corrected chi connectivity index (χ0v) is 14.7. The summed E-state index contributed by atoms with van der Waals surface area (Å²) in [6.45, 7) is 5.53. The van der Waals surface area contributed by atoms with Crippen molar-refractivity contribution in [3.8, 4) is 0 Å². The van der Waals surface area contributed by atoms with Gasteiger partial charge in [-0.2, -0.15) is 5.01 Å². The Morgan fingerprint density at radius 3 is 2.39 bits per heavy atom. The lowest BCUT2D eigenvalue weighted by atomic mass is 9.84. The number of rotatable bonds is 4. The lowest BCUT2D eigenvalue weighted by Gasteiger charge is -2.29. The molecule has 0 bridgehead atoms. The molecule has 0 aromatic heterocycles. The number of benzene rings is 1. The molecule has 1 atom stereocenters. The van der Waals surface area contributed by atoms with Crippen LogP contribution in [0.3, 0.4) is 0 Å². The Balaban J connectivity index is 2.07. The molecule has 0 spiro atoms. The third kappa shape index (κ3) is 3.31. The van der Waals surface area contributed by atoms with Crippen LogP contribution in [0.1, 0.15) is 27.2 Å². The van der Waals surface area contributed by atoms with E-state index in [-0.39, 0.29) is 5.92 Å². The topological polar surface area (TPSA) is 90.5 Å².